The molecule has 0 atom stereocenters. The van der Waals surface area contributed by atoms with Gasteiger partial charge in [-0.3, -0.25) is 9.59 Å². The maximum absolute atomic E-state index is 12.3. The monoisotopic (exact) mass is 289 g/mol. The van der Waals surface area contributed by atoms with E-state index in [0.29, 0.717) is 23.2 Å². The zero-order chi connectivity index (χ0) is 15.7. The normalized spacial score (nSPS) is 12.6. The summed E-state index contributed by atoms with van der Waals surface area (Å²) in [4.78, 5) is 23.9. The highest BCUT2D eigenvalue weighted by atomic mass is 16.1. The number of amides is 1. The lowest BCUT2D eigenvalue weighted by Gasteiger charge is -2.08. The van der Waals surface area contributed by atoms with E-state index in [-0.39, 0.29) is 11.7 Å². The average Bonchev–Trinajstić information content (AvgIpc) is 2.88. The lowest BCUT2D eigenvalue weighted by Crippen LogP contribution is -2.12. The Morgan fingerprint density at radius 2 is 2.00 bits per heavy atom. The van der Waals surface area contributed by atoms with E-state index in [2.05, 4.69) is 11.2 Å². The van der Waals surface area contributed by atoms with E-state index >= 15 is 0 Å². The van der Waals surface area contributed by atoms with E-state index in [1.807, 2.05) is 19.1 Å². The van der Waals surface area contributed by atoms with Crippen LogP contribution in [0.3, 0.4) is 0 Å². The van der Waals surface area contributed by atoms with Gasteiger partial charge in [0.05, 0.1) is 0 Å². The van der Waals surface area contributed by atoms with Gasteiger partial charge in [0, 0.05) is 28.8 Å². The minimum absolute atomic E-state index is 0.171. The summed E-state index contributed by atoms with van der Waals surface area (Å²) in [7, 11) is 0. The summed E-state index contributed by atoms with van der Waals surface area (Å²) in [6.07, 6.45) is 6.72. The third-order valence-corrected chi connectivity index (χ3v) is 3.94. The molecule has 0 saturated heterocycles. The zero-order valence-electron chi connectivity index (χ0n) is 12.3. The van der Waals surface area contributed by atoms with Crippen molar-refractivity contribution in [3.63, 3.8) is 0 Å². The average molecular weight is 289 g/mol. The first-order valence-electron chi connectivity index (χ1n) is 7.13. The molecule has 1 amide bonds. The Morgan fingerprint density at radius 3 is 2.77 bits per heavy atom. The number of nitrogens with one attached hydrogen (secondary N) is 1. The molecule has 2 aromatic carbocycles. The smallest absolute Gasteiger partial charge is 0.255 e. The van der Waals surface area contributed by atoms with Crippen molar-refractivity contribution >= 4 is 17.4 Å². The number of terminal acetylenes is 1. The fraction of sp³-hybridized carbons (Fsp3) is 0.158. The Bertz CT molecular complexity index is 828. The van der Waals surface area contributed by atoms with Crippen LogP contribution in [0.1, 0.15) is 43.8 Å². The van der Waals surface area contributed by atoms with Gasteiger partial charge in [-0.25, -0.2) is 0 Å². The molecule has 0 spiro atoms. The number of fused-ring (bicyclic) bond motifs is 1. The molecule has 22 heavy (non-hydrogen) atoms. The Hall–Kier alpha value is -2.86. The molecule has 108 valence electrons. The van der Waals surface area contributed by atoms with Gasteiger partial charge in [0.25, 0.3) is 5.91 Å². The molecule has 0 aromatic heterocycles. The maximum Gasteiger partial charge on any atom is 0.255 e. The molecule has 3 nitrogen and oxygen atoms in total. The molecule has 3 heteroatoms. The molecule has 0 heterocycles. The van der Waals surface area contributed by atoms with Crippen LogP contribution >= 0.6 is 0 Å². The maximum atomic E-state index is 12.3. The highest BCUT2D eigenvalue weighted by Crippen LogP contribution is 2.25. The van der Waals surface area contributed by atoms with Crippen LogP contribution in [-0.4, -0.2) is 11.7 Å². The van der Waals surface area contributed by atoms with Crippen LogP contribution in [0.2, 0.25) is 0 Å². The summed E-state index contributed by atoms with van der Waals surface area (Å²) in [5.74, 6) is 2.54. The number of carbonyl (C=O) groups excluding carboxylic acids is 2. The van der Waals surface area contributed by atoms with E-state index in [9.17, 15) is 9.59 Å². The fourth-order valence-electron chi connectivity index (χ4n) is 2.66. The van der Waals surface area contributed by atoms with E-state index in [1.165, 1.54) is 0 Å². The lowest BCUT2D eigenvalue weighted by atomic mass is 10.0. The number of hydrogen-bond donors (Lipinski definition) is 1. The van der Waals surface area contributed by atoms with Crippen LogP contribution in [0.5, 0.6) is 0 Å². The number of aryl methyl sites for hydroxylation is 2. The SMILES string of the molecule is C#Cc1cc(C(=O)Nc2ccc3c(c2)CCC3=O)ccc1C. The number of hydrogen-bond acceptors (Lipinski definition) is 2. The van der Waals surface area contributed by atoms with Gasteiger partial charge in [-0.2, -0.15) is 0 Å². The van der Waals surface area contributed by atoms with E-state index in [4.69, 9.17) is 6.42 Å². The largest absolute Gasteiger partial charge is 0.322 e. The number of Topliss-reactive ketones (excluding diaryl/α,β-unsaturated/α-hetero) is 1. The van der Waals surface area contributed by atoms with E-state index in [1.54, 1.807) is 24.3 Å². The summed E-state index contributed by atoms with van der Waals surface area (Å²) >= 11 is 0. The Morgan fingerprint density at radius 1 is 1.18 bits per heavy atom. The zero-order valence-corrected chi connectivity index (χ0v) is 12.3. The molecule has 2 aromatic rings. The van der Waals surface area contributed by atoms with E-state index in [0.717, 1.165) is 23.1 Å². The van der Waals surface area contributed by atoms with E-state index < -0.39 is 0 Å². The van der Waals surface area contributed by atoms with Crippen LogP contribution < -0.4 is 5.32 Å². The van der Waals surface area contributed by atoms with Crippen molar-refractivity contribution in [2.75, 3.05) is 5.32 Å². The van der Waals surface area contributed by atoms with Crippen molar-refractivity contribution in [2.24, 2.45) is 0 Å². The van der Waals surface area contributed by atoms with Gasteiger partial charge in [0.1, 0.15) is 0 Å². The summed E-state index contributed by atoms with van der Waals surface area (Å²) in [6, 6.07) is 10.7. The fourth-order valence-corrected chi connectivity index (χ4v) is 2.66. The highest BCUT2D eigenvalue weighted by Gasteiger charge is 2.19. The van der Waals surface area contributed by atoms with Crippen molar-refractivity contribution in [3.05, 3.63) is 64.2 Å². The molecular weight excluding hydrogens is 274 g/mol. The topological polar surface area (TPSA) is 46.2 Å². The van der Waals surface area contributed by atoms with Gasteiger partial charge >= 0.3 is 0 Å². The molecule has 1 aliphatic rings. The molecule has 0 radical (unpaired) electrons. The summed E-state index contributed by atoms with van der Waals surface area (Å²) in [5.41, 5.74) is 4.66. The number of carbonyl (C=O) groups is 2. The highest BCUT2D eigenvalue weighted by molar-refractivity contribution is 6.05. The minimum atomic E-state index is -0.208. The second-order valence-electron chi connectivity index (χ2n) is 5.42. The van der Waals surface area contributed by atoms with Crippen LogP contribution in [0, 0.1) is 19.3 Å². The second kappa shape index (κ2) is 5.50. The molecule has 0 aliphatic heterocycles. The predicted octanol–water partition coefficient (Wildman–Crippen LogP) is 3.36. The van der Waals surface area contributed by atoms with Gasteiger partial charge in [0.2, 0.25) is 0 Å². The first kappa shape index (κ1) is 14.1. The number of ketones is 1. The van der Waals surface area contributed by atoms with Crippen LogP contribution in [0.25, 0.3) is 0 Å². The Balaban J connectivity index is 1.83. The third-order valence-electron chi connectivity index (χ3n) is 3.94. The first-order valence-corrected chi connectivity index (χ1v) is 7.13. The van der Waals surface area contributed by atoms with Crippen molar-refractivity contribution in [3.8, 4) is 12.3 Å². The summed E-state index contributed by atoms with van der Waals surface area (Å²) in [5, 5.41) is 2.85. The molecular formula is C19H15NO2. The molecule has 0 fully saturated rings. The van der Waals surface area contributed by atoms with Crippen LogP contribution in [0.4, 0.5) is 5.69 Å². The molecule has 0 saturated carbocycles. The van der Waals surface area contributed by atoms with Crippen LogP contribution in [0.15, 0.2) is 36.4 Å². The number of anilines is 1. The quantitative estimate of drug-likeness (QED) is 0.862. The van der Waals surface area contributed by atoms with Crippen molar-refractivity contribution in [1.29, 1.82) is 0 Å². The Labute approximate surface area is 129 Å². The molecule has 1 aliphatic carbocycles. The third kappa shape index (κ3) is 2.51. The molecule has 3 rings (SSSR count). The summed E-state index contributed by atoms with van der Waals surface area (Å²) in [6.45, 7) is 1.91. The minimum Gasteiger partial charge on any atom is -0.322 e. The van der Waals surface area contributed by atoms with Gasteiger partial charge in [-0.05, 0) is 54.8 Å². The first-order chi connectivity index (χ1) is 10.6. The van der Waals surface area contributed by atoms with Gasteiger partial charge in [-0.1, -0.05) is 12.0 Å². The van der Waals surface area contributed by atoms with Crippen molar-refractivity contribution in [1.82, 2.24) is 0 Å². The molecule has 0 unspecified atom stereocenters. The van der Waals surface area contributed by atoms with Crippen molar-refractivity contribution < 1.29 is 9.59 Å². The standard InChI is InChI=1S/C19H15NO2/c1-3-13-10-15(5-4-12(13)2)19(22)20-16-7-8-17-14(11-16)6-9-18(17)21/h1,4-5,7-8,10-11H,6,9H2,2H3,(H,20,22). The van der Waals surface area contributed by atoms with Gasteiger partial charge in [-0.15, -0.1) is 6.42 Å². The lowest BCUT2D eigenvalue weighted by molar-refractivity contribution is 0.0992. The van der Waals surface area contributed by atoms with Crippen LogP contribution in [-0.2, 0) is 6.42 Å². The van der Waals surface area contributed by atoms with Gasteiger partial charge < -0.3 is 5.32 Å². The number of rotatable bonds is 2. The van der Waals surface area contributed by atoms with Crippen molar-refractivity contribution in [2.45, 2.75) is 19.8 Å². The molecule has 0 bridgehead atoms. The Kier molecular flexibility index (Phi) is 3.52. The second-order valence-corrected chi connectivity index (χ2v) is 5.42. The predicted molar refractivity (Wildman–Crippen MR) is 86.2 cm³/mol. The summed E-state index contributed by atoms with van der Waals surface area (Å²) < 4.78 is 0. The number of benzene rings is 2. The van der Waals surface area contributed by atoms with Gasteiger partial charge in [0.15, 0.2) is 5.78 Å². The molecule has 1 N–H and O–H groups in total.